The van der Waals surface area contributed by atoms with Gasteiger partial charge in [-0.25, -0.2) is 4.79 Å². The van der Waals surface area contributed by atoms with Crippen LogP contribution < -0.4 is 4.90 Å². The Balaban J connectivity index is 1.36. The van der Waals surface area contributed by atoms with Gasteiger partial charge in [0, 0.05) is 34.5 Å². The number of rotatable bonds is 9. The average Bonchev–Trinajstić information content (AvgIpc) is 3.44. The molecule has 0 bridgehead atoms. The van der Waals surface area contributed by atoms with E-state index in [1.165, 1.54) is 61.1 Å². The number of hydrogen-bond donors (Lipinski definition) is 0. The molecule has 2 heterocycles. The molecule has 2 aromatic rings. The van der Waals surface area contributed by atoms with Crippen molar-refractivity contribution in [3.8, 4) is 0 Å². The molecule has 45 heavy (non-hydrogen) atoms. The number of hydrogen-bond acceptors (Lipinski definition) is 5. The van der Waals surface area contributed by atoms with E-state index in [1.54, 1.807) is 0 Å². The fourth-order valence-corrected chi connectivity index (χ4v) is 8.51. The van der Waals surface area contributed by atoms with Crippen LogP contribution in [-0.4, -0.2) is 48.5 Å². The number of anilines is 1. The van der Waals surface area contributed by atoms with E-state index in [0.29, 0.717) is 13.2 Å². The third kappa shape index (κ3) is 5.80. The molecule has 236 valence electrons. The summed E-state index contributed by atoms with van der Waals surface area (Å²) in [6, 6.07) is 17.2. The zero-order valence-electron chi connectivity index (χ0n) is 26.9. The summed E-state index contributed by atoms with van der Waals surface area (Å²) in [5, 5.41) is 0. The predicted molar refractivity (Wildman–Crippen MR) is 179 cm³/mol. The summed E-state index contributed by atoms with van der Waals surface area (Å²) in [6.45, 7) is 4.89. The largest absolute Gasteiger partial charge is 0.465 e. The van der Waals surface area contributed by atoms with Crippen molar-refractivity contribution < 1.29 is 23.6 Å². The zero-order chi connectivity index (χ0) is 31.3. The predicted octanol–water partition coefficient (Wildman–Crippen LogP) is 7.83. The number of esters is 2. The Kier molecular flexibility index (Phi) is 9.39. The molecule has 2 spiro atoms. The summed E-state index contributed by atoms with van der Waals surface area (Å²) in [4.78, 5) is 27.7. The second-order valence-corrected chi connectivity index (χ2v) is 12.8. The summed E-state index contributed by atoms with van der Waals surface area (Å²) in [5.41, 5.74) is 7.12. The summed E-state index contributed by atoms with van der Waals surface area (Å²) >= 11 is 0. The molecule has 2 aliphatic heterocycles. The lowest BCUT2D eigenvalue weighted by atomic mass is 9.67. The van der Waals surface area contributed by atoms with Gasteiger partial charge in [-0.05, 0) is 57.2 Å². The molecule has 0 saturated heterocycles. The Bertz CT molecular complexity index is 1540. The molecule has 6 nitrogen and oxygen atoms in total. The molecule has 0 radical (unpaired) electrons. The normalized spacial score (nSPS) is 20.8. The lowest BCUT2D eigenvalue weighted by Crippen LogP contribution is -2.37. The van der Waals surface area contributed by atoms with Crippen molar-refractivity contribution in [2.24, 2.45) is 0 Å². The fraction of sp³-hybridized carbons (Fsp3) is 0.462. The molecule has 0 atom stereocenters. The summed E-state index contributed by atoms with van der Waals surface area (Å²) in [7, 11) is 0. The van der Waals surface area contributed by atoms with Gasteiger partial charge in [-0.3, -0.25) is 4.79 Å². The van der Waals surface area contributed by atoms with Gasteiger partial charge in [-0.2, -0.15) is 4.58 Å². The Labute approximate surface area is 268 Å². The third-order valence-electron chi connectivity index (χ3n) is 10.3. The van der Waals surface area contributed by atoms with Crippen LogP contribution in [0.5, 0.6) is 0 Å². The van der Waals surface area contributed by atoms with Gasteiger partial charge in [0.15, 0.2) is 5.71 Å². The summed E-state index contributed by atoms with van der Waals surface area (Å²) in [6.07, 6.45) is 22.3. The molecular formula is C39H47N2O4+. The van der Waals surface area contributed by atoms with Crippen LogP contribution in [0.25, 0.3) is 0 Å². The maximum Gasteiger partial charge on any atom is 0.372 e. The number of allylic oxidation sites excluding steroid dienone is 6. The van der Waals surface area contributed by atoms with E-state index in [9.17, 15) is 9.59 Å². The molecule has 0 amide bonds. The maximum atomic E-state index is 12.8. The van der Waals surface area contributed by atoms with Crippen LogP contribution in [0, 0.1) is 0 Å². The number of ether oxygens (including phenoxy) is 2. The SMILES string of the molecule is CCOC(=O)CN1\C(=C/C=C\C=C\C2=[N+](CC(=O)OCC)c3ccccc3C23CCCCC3)C2(CCCCC2)c2ccccc21. The summed E-state index contributed by atoms with van der Waals surface area (Å²) < 4.78 is 13.0. The van der Waals surface area contributed by atoms with Gasteiger partial charge < -0.3 is 14.4 Å². The van der Waals surface area contributed by atoms with Crippen LogP contribution in [0.1, 0.15) is 89.2 Å². The number of benzene rings is 2. The molecule has 2 aliphatic carbocycles. The molecule has 2 fully saturated rings. The van der Waals surface area contributed by atoms with Gasteiger partial charge in [-0.15, -0.1) is 0 Å². The van der Waals surface area contributed by atoms with E-state index < -0.39 is 0 Å². The number of para-hydroxylation sites is 2. The van der Waals surface area contributed by atoms with Crippen molar-refractivity contribution in [1.29, 1.82) is 0 Å². The Morgan fingerprint density at radius 1 is 0.756 bits per heavy atom. The van der Waals surface area contributed by atoms with Crippen molar-refractivity contribution in [3.05, 3.63) is 95.7 Å². The topological polar surface area (TPSA) is 58.8 Å². The first-order valence-electron chi connectivity index (χ1n) is 17.0. The van der Waals surface area contributed by atoms with E-state index in [2.05, 4.69) is 88.4 Å². The van der Waals surface area contributed by atoms with Crippen LogP contribution in [0.2, 0.25) is 0 Å². The highest BCUT2D eigenvalue weighted by molar-refractivity contribution is 6.04. The number of carbonyl (C=O) groups excluding carboxylic acids is 2. The first-order chi connectivity index (χ1) is 22.0. The highest BCUT2D eigenvalue weighted by Gasteiger charge is 2.52. The maximum absolute atomic E-state index is 12.8. The zero-order valence-corrected chi connectivity index (χ0v) is 26.9. The van der Waals surface area contributed by atoms with Gasteiger partial charge >= 0.3 is 11.9 Å². The van der Waals surface area contributed by atoms with Gasteiger partial charge in [0.1, 0.15) is 6.54 Å². The second-order valence-electron chi connectivity index (χ2n) is 12.8. The first-order valence-corrected chi connectivity index (χ1v) is 17.0. The van der Waals surface area contributed by atoms with E-state index >= 15 is 0 Å². The number of fused-ring (bicyclic) bond motifs is 4. The number of nitrogens with zero attached hydrogens (tertiary/aromatic N) is 2. The van der Waals surface area contributed by atoms with Gasteiger partial charge in [0.05, 0.1) is 18.6 Å². The van der Waals surface area contributed by atoms with Crippen LogP contribution in [0.15, 0.2) is 84.6 Å². The first kappa shape index (κ1) is 31.1. The number of carbonyl (C=O) groups is 2. The molecule has 0 aromatic heterocycles. The smallest absolute Gasteiger partial charge is 0.372 e. The molecule has 6 heteroatoms. The summed E-state index contributed by atoms with van der Waals surface area (Å²) in [5.74, 6) is -0.404. The minimum atomic E-state index is -0.202. The lowest BCUT2D eigenvalue weighted by Gasteiger charge is -2.36. The molecule has 2 aromatic carbocycles. The molecule has 4 aliphatic rings. The van der Waals surface area contributed by atoms with E-state index in [4.69, 9.17) is 9.47 Å². The van der Waals surface area contributed by atoms with Gasteiger partial charge in [0.2, 0.25) is 12.2 Å². The molecule has 2 saturated carbocycles. The standard InChI is InChI=1S/C39H47N2O4/c1-3-44-36(42)28-40-32-20-12-10-18-30(32)38(24-14-6-15-25-38)34(40)22-8-5-9-23-35-39(26-16-7-17-27-39)31-19-11-13-21-33(31)41(35)29-37(43)45-4-2/h5,8-13,18-23H,3-4,6-7,14-17,24-29H2,1-2H3/q+1. The second kappa shape index (κ2) is 13.6. The molecule has 0 N–H and O–H groups in total. The van der Waals surface area contributed by atoms with Crippen molar-refractivity contribution in [2.75, 3.05) is 31.2 Å². The third-order valence-corrected chi connectivity index (χ3v) is 10.3. The Morgan fingerprint density at radius 3 is 2.09 bits per heavy atom. The molecular weight excluding hydrogens is 560 g/mol. The van der Waals surface area contributed by atoms with Crippen molar-refractivity contribution in [1.82, 2.24) is 0 Å². The highest BCUT2D eigenvalue weighted by Crippen LogP contribution is 2.55. The van der Waals surface area contributed by atoms with Gasteiger partial charge in [0.25, 0.3) is 0 Å². The Hall–Kier alpha value is -3.93. The lowest BCUT2D eigenvalue weighted by molar-refractivity contribution is -0.428. The van der Waals surface area contributed by atoms with Crippen molar-refractivity contribution >= 4 is 29.0 Å². The van der Waals surface area contributed by atoms with E-state index in [1.807, 2.05) is 13.8 Å². The monoisotopic (exact) mass is 607 g/mol. The minimum absolute atomic E-state index is 0.0835. The van der Waals surface area contributed by atoms with Crippen molar-refractivity contribution in [3.63, 3.8) is 0 Å². The van der Waals surface area contributed by atoms with E-state index in [-0.39, 0.29) is 35.9 Å². The van der Waals surface area contributed by atoms with E-state index in [0.717, 1.165) is 37.1 Å². The quantitative estimate of drug-likeness (QED) is 0.165. The fourth-order valence-electron chi connectivity index (χ4n) is 8.51. The molecule has 6 rings (SSSR count). The van der Waals surface area contributed by atoms with Crippen LogP contribution in [0.4, 0.5) is 11.4 Å². The molecule has 0 unspecified atom stereocenters. The van der Waals surface area contributed by atoms with Crippen LogP contribution in [0.3, 0.4) is 0 Å². The minimum Gasteiger partial charge on any atom is -0.465 e. The average molecular weight is 608 g/mol. The van der Waals surface area contributed by atoms with Crippen LogP contribution >= 0.6 is 0 Å². The highest BCUT2D eigenvalue weighted by atomic mass is 16.5. The van der Waals surface area contributed by atoms with Crippen LogP contribution in [-0.2, 0) is 29.9 Å². The van der Waals surface area contributed by atoms with Gasteiger partial charge in [-0.1, -0.05) is 93.2 Å². The van der Waals surface area contributed by atoms with Crippen molar-refractivity contribution in [2.45, 2.75) is 88.9 Å². The Morgan fingerprint density at radius 2 is 1.38 bits per heavy atom.